The molecular formula is C13H19NO3. The Morgan fingerprint density at radius 2 is 1.88 bits per heavy atom. The molecule has 0 heterocycles. The third kappa shape index (κ3) is 5.36. The minimum atomic E-state index is -0.170. The van der Waals surface area contributed by atoms with Crippen LogP contribution in [0.25, 0.3) is 0 Å². The van der Waals surface area contributed by atoms with Gasteiger partial charge in [0.25, 0.3) is 0 Å². The first-order valence-electron chi connectivity index (χ1n) is 5.73. The van der Waals surface area contributed by atoms with Gasteiger partial charge in [-0.25, -0.2) is 5.48 Å². The zero-order chi connectivity index (χ0) is 12.7. The Morgan fingerprint density at radius 1 is 1.24 bits per heavy atom. The van der Waals surface area contributed by atoms with Crippen molar-refractivity contribution in [1.82, 2.24) is 5.48 Å². The first-order chi connectivity index (χ1) is 8.11. The van der Waals surface area contributed by atoms with Gasteiger partial charge in [-0.2, -0.15) is 0 Å². The van der Waals surface area contributed by atoms with Crippen molar-refractivity contribution in [3.63, 3.8) is 0 Å². The molecule has 0 atom stereocenters. The standard InChI is InChI=1S/C13H19NO3/c1-4-17-14-13(15)5-6-16-12-8-10(2)7-11(3)9-12/h7-9H,4-6H2,1-3H3,(H,14,15). The molecule has 0 aliphatic carbocycles. The van der Waals surface area contributed by atoms with Gasteiger partial charge >= 0.3 is 0 Å². The fourth-order valence-corrected chi connectivity index (χ4v) is 1.48. The van der Waals surface area contributed by atoms with Crippen LogP contribution in [0.3, 0.4) is 0 Å². The van der Waals surface area contributed by atoms with Crippen LogP contribution in [-0.4, -0.2) is 19.1 Å². The second-order valence-electron chi connectivity index (χ2n) is 3.88. The molecule has 94 valence electrons. The average molecular weight is 237 g/mol. The van der Waals surface area contributed by atoms with Crippen molar-refractivity contribution in [3.8, 4) is 5.75 Å². The van der Waals surface area contributed by atoms with Crippen molar-refractivity contribution in [3.05, 3.63) is 29.3 Å². The number of hydroxylamine groups is 1. The second-order valence-corrected chi connectivity index (χ2v) is 3.88. The molecule has 0 radical (unpaired) electrons. The SMILES string of the molecule is CCONC(=O)CCOc1cc(C)cc(C)c1. The molecule has 0 spiro atoms. The van der Waals surface area contributed by atoms with Crippen molar-refractivity contribution < 1.29 is 14.4 Å². The molecule has 0 saturated carbocycles. The fourth-order valence-electron chi connectivity index (χ4n) is 1.48. The third-order valence-electron chi connectivity index (χ3n) is 2.12. The molecule has 0 saturated heterocycles. The molecule has 17 heavy (non-hydrogen) atoms. The Morgan fingerprint density at radius 3 is 2.47 bits per heavy atom. The van der Waals surface area contributed by atoms with Gasteiger partial charge in [0, 0.05) is 0 Å². The van der Waals surface area contributed by atoms with Crippen LogP contribution in [0.5, 0.6) is 5.75 Å². The molecule has 1 amide bonds. The summed E-state index contributed by atoms with van der Waals surface area (Å²) in [5.74, 6) is 0.628. The van der Waals surface area contributed by atoms with Gasteiger partial charge in [0.15, 0.2) is 0 Å². The van der Waals surface area contributed by atoms with Gasteiger partial charge in [-0.3, -0.25) is 9.63 Å². The molecule has 1 aromatic carbocycles. The van der Waals surface area contributed by atoms with Gasteiger partial charge < -0.3 is 4.74 Å². The predicted octanol–water partition coefficient (Wildman–Crippen LogP) is 2.14. The van der Waals surface area contributed by atoms with E-state index in [4.69, 9.17) is 9.57 Å². The summed E-state index contributed by atoms with van der Waals surface area (Å²) in [4.78, 5) is 16.0. The van der Waals surface area contributed by atoms with E-state index in [-0.39, 0.29) is 12.3 Å². The van der Waals surface area contributed by atoms with Crippen LogP contribution in [0.4, 0.5) is 0 Å². The normalized spacial score (nSPS) is 10.1. The summed E-state index contributed by atoms with van der Waals surface area (Å²) in [5, 5.41) is 0. The molecule has 1 aromatic rings. The zero-order valence-corrected chi connectivity index (χ0v) is 10.6. The smallest absolute Gasteiger partial charge is 0.246 e. The molecule has 0 fully saturated rings. The summed E-state index contributed by atoms with van der Waals surface area (Å²) in [6.07, 6.45) is 0.285. The molecule has 0 aliphatic heterocycles. The minimum Gasteiger partial charge on any atom is -0.493 e. The number of nitrogens with one attached hydrogen (secondary N) is 1. The maximum Gasteiger partial charge on any atom is 0.246 e. The number of amides is 1. The van der Waals surface area contributed by atoms with Crippen molar-refractivity contribution >= 4 is 5.91 Å². The molecule has 1 rings (SSSR count). The number of hydrogen-bond acceptors (Lipinski definition) is 3. The Kier molecular flexibility index (Phi) is 5.49. The molecule has 0 unspecified atom stereocenters. The number of rotatable bonds is 6. The van der Waals surface area contributed by atoms with E-state index in [1.54, 1.807) is 0 Å². The summed E-state index contributed by atoms with van der Waals surface area (Å²) < 4.78 is 5.50. The zero-order valence-electron chi connectivity index (χ0n) is 10.6. The lowest BCUT2D eigenvalue weighted by Gasteiger charge is -2.08. The van der Waals surface area contributed by atoms with Crippen molar-refractivity contribution in [2.75, 3.05) is 13.2 Å². The average Bonchev–Trinajstić information content (AvgIpc) is 2.25. The van der Waals surface area contributed by atoms with E-state index in [9.17, 15) is 4.79 Å². The minimum absolute atomic E-state index is 0.170. The van der Waals surface area contributed by atoms with Gasteiger partial charge in [0.2, 0.25) is 5.91 Å². The van der Waals surface area contributed by atoms with Crippen LogP contribution in [-0.2, 0) is 9.63 Å². The summed E-state index contributed by atoms with van der Waals surface area (Å²) in [6, 6.07) is 5.98. The van der Waals surface area contributed by atoms with Crippen LogP contribution in [0, 0.1) is 13.8 Å². The number of carbonyl (C=O) groups is 1. The largest absolute Gasteiger partial charge is 0.493 e. The molecule has 4 nitrogen and oxygen atoms in total. The molecule has 0 bridgehead atoms. The van der Waals surface area contributed by atoms with Crippen LogP contribution in [0.2, 0.25) is 0 Å². The highest BCUT2D eigenvalue weighted by molar-refractivity contribution is 5.74. The number of hydrogen-bond donors (Lipinski definition) is 1. The van der Waals surface area contributed by atoms with Crippen LogP contribution in [0.15, 0.2) is 18.2 Å². The first-order valence-corrected chi connectivity index (χ1v) is 5.73. The van der Waals surface area contributed by atoms with Gasteiger partial charge in [-0.1, -0.05) is 6.07 Å². The summed E-state index contributed by atoms with van der Waals surface area (Å²) >= 11 is 0. The van der Waals surface area contributed by atoms with Crippen LogP contribution in [0.1, 0.15) is 24.5 Å². The van der Waals surface area contributed by atoms with Crippen molar-refractivity contribution in [1.29, 1.82) is 0 Å². The van der Waals surface area contributed by atoms with Crippen LogP contribution < -0.4 is 10.2 Å². The van der Waals surface area contributed by atoms with E-state index in [1.165, 1.54) is 0 Å². The predicted molar refractivity (Wildman–Crippen MR) is 65.8 cm³/mol. The van der Waals surface area contributed by atoms with Gasteiger partial charge in [0.1, 0.15) is 5.75 Å². The third-order valence-corrected chi connectivity index (χ3v) is 2.12. The lowest BCUT2D eigenvalue weighted by atomic mass is 10.1. The monoisotopic (exact) mass is 237 g/mol. The van der Waals surface area contributed by atoms with E-state index in [2.05, 4.69) is 11.5 Å². The van der Waals surface area contributed by atoms with E-state index in [0.29, 0.717) is 13.2 Å². The van der Waals surface area contributed by atoms with E-state index in [1.807, 2.05) is 32.9 Å². The molecule has 0 aliphatic rings. The highest BCUT2D eigenvalue weighted by Gasteiger charge is 2.02. The summed E-state index contributed by atoms with van der Waals surface area (Å²) in [5.41, 5.74) is 4.63. The first kappa shape index (κ1) is 13.5. The molecule has 4 heteroatoms. The number of aryl methyl sites for hydroxylation is 2. The number of benzene rings is 1. The number of carbonyl (C=O) groups excluding carboxylic acids is 1. The second kappa shape index (κ2) is 6.91. The highest BCUT2D eigenvalue weighted by Crippen LogP contribution is 2.16. The van der Waals surface area contributed by atoms with Gasteiger partial charge in [-0.05, 0) is 44.0 Å². The fraction of sp³-hybridized carbons (Fsp3) is 0.462. The van der Waals surface area contributed by atoms with E-state index >= 15 is 0 Å². The van der Waals surface area contributed by atoms with Gasteiger partial charge in [-0.15, -0.1) is 0 Å². The number of ether oxygens (including phenoxy) is 1. The van der Waals surface area contributed by atoms with Crippen molar-refractivity contribution in [2.24, 2.45) is 0 Å². The molecule has 0 aromatic heterocycles. The van der Waals surface area contributed by atoms with E-state index in [0.717, 1.165) is 16.9 Å². The topological polar surface area (TPSA) is 47.6 Å². The van der Waals surface area contributed by atoms with Crippen LogP contribution >= 0.6 is 0 Å². The Balaban J connectivity index is 2.33. The quantitative estimate of drug-likeness (QED) is 0.771. The molecular weight excluding hydrogens is 218 g/mol. The maximum absolute atomic E-state index is 11.2. The highest BCUT2D eigenvalue weighted by atomic mass is 16.6. The Hall–Kier alpha value is -1.55. The summed E-state index contributed by atoms with van der Waals surface area (Å²) in [7, 11) is 0. The lowest BCUT2D eigenvalue weighted by molar-refractivity contribution is -0.133. The van der Waals surface area contributed by atoms with Gasteiger partial charge in [0.05, 0.1) is 19.6 Å². The van der Waals surface area contributed by atoms with E-state index < -0.39 is 0 Å². The Bertz CT molecular complexity index is 357. The lowest BCUT2D eigenvalue weighted by Crippen LogP contribution is -2.25. The van der Waals surface area contributed by atoms with Crippen molar-refractivity contribution in [2.45, 2.75) is 27.2 Å². The summed E-state index contributed by atoms with van der Waals surface area (Å²) in [6.45, 7) is 6.65. The maximum atomic E-state index is 11.2. The molecule has 1 N–H and O–H groups in total. The Labute approximate surface area is 102 Å².